The average molecular weight is 249 g/mol. The number of nitrogens with zero attached hydrogens (tertiary/aromatic N) is 1. The van der Waals surface area contributed by atoms with Crippen molar-refractivity contribution in [1.82, 2.24) is 4.67 Å². The largest absolute Gasteiger partial charge is 0.408 e. The van der Waals surface area contributed by atoms with Gasteiger partial charge in [-0.15, -0.1) is 0 Å². The maximum Gasteiger partial charge on any atom is 0.408 e. The molecule has 0 spiro atoms. The molecule has 2 atom stereocenters. The van der Waals surface area contributed by atoms with E-state index in [9.17, 15) is 4.57 Å². The maximum absolute atomic E-state index is 12.4. The first-order chi connectivity index (χ1) is 7.62. The van der Waals surface area contributed by atoms with E-state index in [1.807, 2.05) is 11.6 Å². The normalized spacial score (nSPS) is 30.1. The summed E-state index contributed by atoms with van der Waals surface area (Å²) in [5.74, 6) is 0. The van der Waals surface area contributed by atoms with Gasteiger partial charge in [0.1, 0.15) is 0 Å². The van der Waals surface area contributed by atoms with Gasteiger partial charge in [-0.05, 0) is 19.8 Å². The van der Waals surface area contributed by atoms with Crippen LogP contribution in [0.15, 0.2) is 0 Å². The SMILES string of the molecule is CCCCN(CCCC)[P@]1(=O)OC[C@H](C)O1. The van der Waals surface area contributed by atoms with E-state index in [1.54, 1.807) is 0 Å². The van der Waals surface area contributed by atoms with E-state index in [1.165, 1.54) is 0 Å². The van der Waals surface area contributed by atoms with Crippen LogP contribution in [0.1, 0.15) is 46.5 Å². The standard InChI is InChI=1S/C11H24NO3P/c1-4-6-8-12(9-7-5-2)16(13)14-10-11(3)15-16/h11H,4-10H2,1-3H3/t11-,16-/m0/s1. The molecule has 0 aromatic carbocycles. The highest BCUT2D eigenvalue weighted by atomic mass is 31.2. The van der Waals surface area contributed by atoms with E-state index < -0.39 is 7.75 Å². The van der Waals surface area contributed by atoms with Crippen molar-refractivity contribution < 1.29 is 13.6 Å². The van der Waals surface area contributed by atoms with E-state index >= 15 is 0 Å². The molecule has 5 heteroatoms. The lowest BCUT2D eigenvalue weighted by Crippen LogP contribution is -2.23. The van der Waals surface area contributed by atoms with Crippen LogP contribution in [0.2, 0.25) is 0 Å². The molecule has 1 aliphatic rings. The smallest absolute Gasteiger partial charge is 0.294 e. The van der Waals surface area contributed by atoms with Gasteiger partial charge in [-0.2, -0.15) is 0 Å². The highest BCUT2D eigenvalue weighted by molar-refractivity contribution is 7.51. The van der Waals surface area contributed by atoms with Crippen LogP contribution in [0.3, 0.4) is 0 Å². The van der Waals surface area contributed by atoms with E-state index in [0.717, 1.165) is 38.8 Å². The minimum absolute atomic E-state index is 0.0448. The molecule has 0 radical (unpaired) electrons. The minimum atomic E-state index is -2.96. The van der Waals surface area contributed by atoms with Gasteiger partial charge in [0.2, 0.25) is 0 Å². The van der Waals surface area contributed by atoms with Gasteiger partial charge in [-0.1, -0.05) is 26.7 Å². The van der Waals surface area contributed by atoms with Crippen LogP contribution in [0, 0.1) is 0 Å². The molecule has 0 unspecified atom stereocenters. The van der Waals surface area contributed by atoms with E-state index in [4.69, 9.17) is 9.05 Å². The van der Waals surface area contributed by atoms with E-state index in [0.29, 0.717) is 6.61 Å². The van der Waals surface area contributed by atoms with Gasteiger partial charge in [-0.3, -0.25) is 9.05 Å². The van der Waals surface area contributed by atoms with Crippen molar-refractivity contribution >= 4 is 7.75 Å². The molecule has 16 heavy (non-hydrogen) atoms. The Labute approximate surface area is 98.9 Å². The zero-order valence-electron chi connectivity index (χ0n) is 10.6. The summed E-state index contributed by atoms with van der Waals surface area (Å²) >= 11 is 0. The summed E-state index contributed by atoms with van der Waals surface area (Å²) < 4.78 is 25.2. The maximum atomic E-state index is 12.4. The molecule has 1 fully saturated rings. The predicted octanol–water partition coefficient (Wildman–Crippen LogP) is 3.43. The van der Waals surface area contributed by atoms with Crippen LogP contribution >= 0.6 is 7.75 Å². The molecule has 0 aromatic rings. The summed E-state index contributed by atoms with van der Waals surface area (Å²) in [4.78, 5) is 0. The van der Waals surface area contributed by atoms with Gasteiger partial charge in [0, 0.05) is 13.1 Å². The van der Waals surface area contributed by atoms with Gasteiger partial charge >= 0.3 is 7.75 Å². The average Bonchev–Trinajstić information content (AvgIpc) is 2.60. The molecule has 0 aliphatic carbocycles. The molecule has 0 amide bonds. The Morgan fingerprint density at radius 1 is 1.25 bits per heavy atom. The first-order valence-electron chi connectivity index (χ1n) is 6.30. The Bertz CT molecular complexity index is 239. The third-order valence-electron chi connectivity index (χ3n) is 2.67. The number of hydrogen-bond donors (Lipinski definition) is 0. The first-order valence-corrected chi connectivity index (χ1v) is 7.80. The van der Waals surface area contributed by atoms with Crippen molar-refractivity contribution in [3.8, 4) is 0 Å². The van der Waals surface area contributed by atoms with Gasteiger partial charge in [0.05, 0.1) is 12.7 Å². The first kappa shape index (κ1) is 14.2. The van der Waals surface area contributed by atoms with Crippen molar-refractivity contribution in [1.29, 1.82) is 0 Å². The monoisotopic (exact) mass is 249 g/mol. The predicted molar refractivity (Wildman–Crippen MR) is 65.5 cm³/mol. The van der Waals surface area contributed by atoms with Gasteiger partial charge in [0.15, 0.2) is 0 Å². The fraction of sp³-hybridized carbons (Fsp3) is 1.00. The zero-order chi connectivity index (χ0) is 12.0. The summed E-state index contributed by atoms with van der Waals surface area (Å²) in [6, 6.07) is 0. The van der Waals surface area contributed by atoms with Gasteiger partial charge in [-0.25, -0.2) is 9.24 Å². The van der Waals surface area contributed by atoms with Crippen LogP contribution in [0.25, 0.3) is 0 Å². The number of hydrogen-bond acceptors (Lipinski definition) is 3. The Morgan fingerprint density at radius 2 is 1.81 bits per heavy atom. The number of unbranched alkanes of at least 4 members (excludes halogenated alkanes) is 2. The van der Waals surface area contributed by atoms with Crippen molar-refractivity contribution in [2.75, 3.05) is 19.7 Å². The van der Waals surface area contributed by atoms with Gasteiger partial charge < -0.3 is 0 Å². The van der Waals surface area contributed by atoms with Crippen LogP contribution in [0.5, 0.6) is 0 Å². The molecule has 0 bridgehead atoms. The quantitative estimate of drug-likeness (QED) is 0.648. The topological polar surface area (TPSA) is 38.8 Å². The molecule has 1 aliphatic heterocycles. The summed E-state index contributed by atoms with van der Waals surface area (Å²) in [7, 11) is -2.96. The summed E-state index contributed by atoms with van der Waals surface area (Å²) in [6.07, 6.45) is 4.22. The minimum Gasteiger partial charge on any atom is -0.294 e. The second kappa shape index (κ2) is 6.75. The van der Waals surface area contributed by atoms with Crippen molar-refractivity contribution in [3.63, 3.8) is 0 Å². The van der Waals surface area contributed by atoms with E-state index in [2.05, 4.69) is 13.8 Å². The molecule has 4 nitrogen and oxygen atoms in total. The lowest BCUT2D eigenvalue weighted by Gasteiger charge is -2.25. The van der Waals surface area contributed by atoms with Crippen molar-refractivity contribution in [2.24, 2.45) is 0 Å². The highest BCUT2D eigenvalue weighted by Crippen LogP contribution is 2.57. The highest BCUT2D eigenvalue weighted by Gasteiger charge is 2.40. The number of rotatable bonds is 7. The summed E-state index contributed by atoms with van der Waals surface area (Å²) in [5.41, 5.74) is 0. The Hall–Kier alpha value is 0.110. The lowest BCUT2D eigenvalue weighted by atomic mass is 10.3. The molecule has 1 heterocycles. The van der Waals surface area contributed by atoms with Crippen LogP contribution in [-0.2, 0) is 13.6 Å². The molecule has 0 saturated carbocycles. The zero-order valence-corrected chi connectivity index (χ0v) is 11.5. The molecule has 96 valence electrons. The fourth-order valence-corrected chi connectivity index (χ4v) is 3.72. The molecule has 0 N–H and O–H groups in total. The van der Waals surface area contributed by atoms with Crippen LogP contribution < -0.4 is 0 Å². The van der Waals surface area contributed by atoms with Crippen LogP contribution in [0.4, 0.5) is 0 Å². The van der Waals surface area contributed by atoms with Crippen molar-refractivity contribution in [2.45, 2.75) is 52.6 Å². The van der Waals surface area contributed by atoms with Crippen LogP contribution in [-0.4, -0.2) is 30.5 Å². The summed E-state index contributed by atoms with van der Waals surface area (Å²) in [6.45, 7) is 8.23. The molecule has 0 aromatic heterocycles. The molecule has 1 rings (SSSR count). The second-order valence-electron chi connectivity index (χ2n) is 4.34. The van der Waals surface area contributed by atoms with Gasteiger partial charge in [0.25, 0.3) is 0 Å². The fourth-order valence-electron chi connectivity index (χ4n) is 1.67. The lowest BCUT2D eigenvalue weighted by molar-refractivity contribution is 0.228. The third-order valence-corrected chi connectivity index (χ3v) is 4.87. The Kier molecular flexibility index (Phi) is 5.98. The Balaban J connectivity index is 2.56. The molecular weight excluding hydrogens is 225 g/mol. The third kappa shape index (κ3) is 3.85. The molecular formula is C11H24NO3P. The van der Waals surface area contributed by atoms with E-state index in [-0.39, 0.29) is 6.10 Å². The second-order valence-corrected chi connectivity index (χ2v) is 6.31. The molecule has 1 saturated heterocycles. The Morgan fingerprint density at radius 3 is 2.19 bits per heavy atom. The van der Waals surface area contributed by atoms with Crippen molar-refractivity contribution in [3.05, 3.63) is 0 Å². The summed E-state index contributed by atoms with van der Waals surface area (Å²) in [5, 5.41) is 0.